The Morgan fingerprint density at radius 1 is 1.47 bits per heavy atom. The lowest BCUT2D eigenvalue weighted by atomic mass is 10.2. The van der Waals surface area contributed by atoms with E-state index in [9.17, 15) is 12.8 Å². The van der Waals surface area contributed by atoms with E-state index >= 15 is 0 Å². The Kier molecular flexibility index (Phi) is 5.71. The zero-order chi connectivity index (χ0) is 14.5. The number of hydrogen-bond donors (Lipinski definition) is 2. The predicted molar refractivity (Wildman–Crippen MR) is 71.7 cm³/mol. The fourth-order valence-electron chi connectivity index (χ4n) is 1.69. The Balaban J connectivity index is 2.92. The van der Waals surface area contributed by atoms with Crippen molar-refractivity contribution in [2.24, 2.45) is 0 Å². The first kappa shape index (κ1) is 15.9. The first-order chi connectivity index (χ1) is 8.90. The van der Waals surface area contributed by atoms with E-state index in [1.807, 2.05) is 6.92 Å². The molecule has 0 aliphatic rings. The number of nitrogens with two attached hydrogens (primary N) is 1. The lowest BCUT2D eigenvalue weighted by Gasteiger charge is -2.17. The fourth-order valence-corrected chi connectivity index (χ4v) is 2.96. The summed E-state index contributed by atoms with van der Waals surface area (Å²) in [7, 11) is -2.27. The molecule has 0 aromatic heterocycles. The van der Waals surface area contributed by atoms with Crippen LogP contribution in [-0.4, -0.2) is 28.2 Å². The molecule has 19 heavy (non-hydrogen) atoms. The highest BCUT2D eigenvalue weighted by molar-refractivity contribution is 7.89. The molecule has 0 heterocycles. The first-order valence-corrected chi connectivity index (χ1v) is 7.45. The van der Waals surface area contributed by atoms with Gasteiger partial charge in [-0.05, 0) is 24.6 Å². The van der Waals surface area contributed by atoms with E-state index in [0.717, 1.165) is 12.5 Å². The lowest BCUT2D eigenvalue weighted by Crippen LogP contribution is -2.37. The zero-order valence-electron chi connectivity index (χ0n) is 11.0. The Bertz CT molecular complexity index is 514. The average molecular weight is 290 g/mol. The molecule has 0 amide bonds. The SMILES string of the molecule is CCCC(COC)NS(=O)(=O)c1ccc(N)c(F)c1. The summed E-state index contributed by atoms with van der Waals surface area (Å²) in [6.07, 6.45) is 1.46. The quantitative estimate of drug-likeness (QED) is 0.746. The van der Waals surface area contributed by atoms with E-state index < -0.39 is 15.8 Å². The highest BCUT2D eigenvalue weighted by Gasteiger charge is 2.20. The Labute approximate surface area is 113 Å². The average Bonchev–Trinajstić information content (AvgIpc) is 2.32. The molecule has 7 heteroatoms. The number of rotatable bonds is 7. The van der Waals surface area contributed by atoms with Crippen LogP contribution >= 0.6 is 0 Å². The minimum Gasteiger partial charge on any atom is -0.396 e. The van der Waals surface area contributed by atoms with Crippen LogP contribution in [0, 0.1) is 5.82 Å². The molecule has 5 nitrogen and oxygen atoms in total. The summed E-state index contributed by atoms with van der Waals surface area (Å²) in [5.41, 5.74) is 5.24. The van der Waals surface area contributed by atoms with Crippen LogP contribution < -0.4 is 10.5 Å². The van der Waals surface area contributed by atoms with Gasteiger partial charge in [-0.1, -0.05) is 13.3 Å². The van der Waals surface area contributed by atoms with Gasteiger partial charge in [0.05, 0.1) is 17.2 Å². The van der Waals surface area contributed by atoms with Gasteiger partial charge in [0.2, 0.25) is 10.0 Å². The van der Waals surface area contributed by atoms with Crippen LogP contribution in [0.25, 0.3) is 0 Å². The maximum Gasteiger partial charge on any atom is 0.241 e. The number of halogens is 1. The summed E-state index contributed by atoms with van der Waals surface area (Å²) in [6.45, 7) is 2.21. The van der Waals surface area contributed by atoms with Gasteiger partial charge >= 0.3 is 0 Å². The van der Waals surface area contributed by atoms with Crippen molar-refractivity contribution in [1.29, 1.82) is 0 Å². The predicted octanol–water partition coefficient (Wildman–Crippen LogP) is 1.50. The normalized spacial score (nSPS) is 13.4. The first-order valence-electron chi connectivity index (χ1n) is 5.97. The number of benzene rings is 1. The molecule has 108 valence electrons. The number of ether oxygens (including phenoxy) is 1. The summed E-state index contributed by atoms with van der Waals surface area (Å²) in [5.74, 6) is -0.748. The Morgan fingerprint density at radius 3 is 2.68 bits per heavy atom. The molecule has 1 unspecified atom stereocenters. The van der Waals surface area contributed by atoms with E-state index in [1.165, 1.54) is 19.2 Å². The third kappa shape index (κ3) is 4.45. The van der Waals surface area contributed by atoms with Crippen molar-refractivity contribution < 1.29 is 17.5 Å². The van der Waals surface area contributed by atoms with Crippen LogP contribution in [0.15, 0.2) is 23.1 Å². The van der Waals surface area contributed by atoms with Crippen LogP contribution in [0.5, 0.6) is 0 Å². The smallest absolute Gasteiger partial charge is 0.241 e. The third-order valence-electron chi connectivity index (χ3n) is 2.61. The molecule has 1 rings (SSSR count). The van der Waals surface area contributed by atoms with Gasteiger partial charge < -0.3 is 10.5 Å². The Hall–Kier alpha value is -1.18. The van der Waals surface area contributed by atoms with Gasteiger partial charge in [-0.25, -0.2) is 17.5 Å². The van der Waals surface area contributed by atoms with Gasteiger partial charge in [-0.15, -0.1) is 0 Å². The van der Waals surface area contributed by atoms with Crippen molar-refractivity contribution in [3.63, 3.8) is 0 Å². The van der Waals surface area contributed by atoms with Crippen LogP contribution in [0.1, 0.15) is 19.8 Å². The third-order valence-corrected chi connectivity index (χ3v) is 4.13. The van der Waals surface area contributed by atoms with Gasteiger partial charge in [0.25, 0.3) is 0 Å². The maximum absolute atomic E-state index is 13.3. The van der Waals surface area contributed by atoms with Crippen molar-refractivity contribution in [1.82, 2.24) is 4.72 Å². The molecule has 0 saturated heterocycles. The van der Waals surface area contributed by atoms with Crippen molar-refractivity contribution >= 4 is 15.7 Å². The highest BCUT2D eigenvalue weighted by Crippen LogP contribution is 2.17. The molecule has 0 bridgehead atoms. The molecular weight excluding hydrogens is 271 g/mol. The summed E-state index contributed by atoms with van der Waals surface area (Å²) in [6, 6.07) is 3.08. The molecule has 3 N–H and O–H groups in total. The van der Waals surface area contributed by atoms with Crippen LogP contribution in [0.3, 0.4) is 0 Å². The number of anilines is 1. The van der Waals surface area contributed by atoms with Crippen molar-refractivity contribution in [2.75, 3.05) is 19.5 Å². The van der Waals surface area contributed by atoms with E-state index in [2.05, 4.69) is 4.72 Å². The van der Waals surface area contributed by atoms with Crippen molar-refractivity contribution in [2.45, 2.75) is 30.7 Å². The second kappa shape index (κ2) is 6.83. The summed E-state index contributed by atoms with van der Waals surface area (Å²) in [4.78, 5) is -0.142. The highest BCUT2D eigenvalue weighted by atomic mass is 32.2. The van der Waals surface area contributed by atoms with Crippen LogP contribution in [0.4, 0.5) is 10.1 Å². The maximum atomic E-state index is 13.3. The number of sulfonamides is 1. The van der Waals surface area contributed by atoms with E-state index in [1.54, 1.807) is 0 Å². The molecule has 0 saturated carbocycles. The minimum atomic E-state index is -3.77. The van der Waals surface area contributed by atoms with E-state index in [0.29, 0.717) is 6.42 Å². The van der Waals surface area contributed by atoms with E-state index in [4.69, 9.17) is 10.5 Å². The van der Waals surface area contributed by atoms with Crippen molar-refractivity contribution in [3.8, 4) is 0 Å². The molecule has 0 aliphatic carbocycles. The number of nitrogens with one attached hydrogen (secondary N) is 1. The second-order valence-corrected chi connectivity index (χ2v) is 5.96. The lowest BCUT2D eigenvalue weighted by molar-refractivity contribution is 0.171. The number of hydrogen-bond acceptors (Lipinski definition) is 4. The molecule has 1 aromatic rings. The summed E-state index contributed by atoms with van der Waals surface area (Å²) in [5, 5.41) is 0. The van der Waals surface area contributed by atoms with Gasteiger partial charge in [0, 0.05) is 13.2 Å². The zero-order valence-corrected chi connectivity index (χ0v) is 11.8. The molecule has 0 aliphatic heterocycles. The van der Waals surface area contributed by atoms with Gasteiger partial charge in [-0.2, -0.15) is 0 Å². The van der Waals surface area contributed by atoms with Gasteiger partial charge in [0.15, 0.2) is 0 Å². The van der Waals surface area contributed by atoms with Gasteiger partial charge in [0.1, 0.15) is 5.82 Å². The van der Waals surface area contributed by atoms with Gasteiger partial charge in [-0.3, -0.25) is 0 Å². The summed E-state index contributed by atoms with van der Waals surface area (Å²) < 4.78 is 44.9. The summed E-state index contributed by atoms with van der Waals surface area (Å²) >= 11 is 0. The second-order valence-electron chi connectivity index (χ2n) is 4.25. The molecule has 0 radical (unpaired) electrons. The molecule has 0 fully saturated rings. The monoisotopic (exact) mass is 290 g/mol. The molecule has 0 spiro atoms. The molecule has 1 atom stereocenters. The minimum absolute atomic E-state index is 0.0825. The standard InChI is InChI=1S/C12H19FN2O3S/c1-3-4-9(8-18-2)15-19(16,17)10-5-6-12(14)11(13)7-10/h5-7,9,15H,3-4,8,14H2,1-2H3. The molecular formula is C12H19FN2O3S. The fraction of sp³-hybridized carbons (Fsp3) is 0.500. The largest absolute Gasteiger partial charge is 0.396 e. The van der Waals surface area contributed by atoms with Crippen LogP contribution in [0.2, 0.25) is 0 Å². The number of nitrogen functional groups attached to an aromatic ring is 1. The molecule has 1 aromatic carbocycles. The van der Waals surface area contributed by atoms with E-state index in [-0.39, 0.29) is 23.2 Å². The topological polar surface area (TPSA) is 81.4 Å². The van der Waals surface area contributed by atoms with Crippen molar-refractivity contribution in [3.05, 3.63) is 24.0 Å². The van der Waals surface area contributed by atoms with Crippen LogP contribution in [-0.2, 0) is 14.8 Å². The number of methoxy groups -OCH3 is 1. The Morgan fingerprint density at radius 2 is 2.16 bits per heavy atom.